The second kappa shape index (κ2) is 13.0. The third kappa shape index (κ3) is 7.87. The highest BCUT2D eigenvalue weighted by Gasteiger charge is 2.08. The second-order valence-corrected chi connectivity index (χ2v) is 8.59. The van der Waals surface area contributed by atoms with Crippen molar-refractivity contribution in [2.45, 2.75) is 58.5 Å². The van der Waals surface area contributed by atoms with E-state index in [0.717, 1.165) is 54.5 Å². The molecular formula is C30H35FO2. The number of ether oxygens (including phenoxy) is 1. The van der Waals surface area contributed by atoms with E-state index in [-0.39, 0.29) is 11.6 Å². The number of benzene rings is 3. The van der Waals surface area contributed by atoms with E-state index in [4.69, 9.17) is 4.74 Å². The molecule has 1 unspecified atom stereocenters. The van der Waals surface area contributed by atoms with Gasteiger partial charge in [0.2, 0.25) is 0 Å². The Kier molecular flexibility index (Phi) is 9.71. The van der Waals surface area contributed by atoms with E-state index in [1.165, 1.54) is 12.8 Å². The van der Waals surface area contributed by atoms with Gasteiger partial charge in [0.15, 0.2) is 0 Å². The summed E-state index contributed by atoms with van der Waals surface area (Å²) >= 11 is 0. The maximum atomic E-state index is 14.8. The first-order valence-electron chi connectivity index (χ1n) is 12.0. The molecule has 3 rings (SSSR count). The molecule has 0 heterocycles. The van der Waals surface area contributed by atoms with Crippen LogP contribution >= 0.6 is 0 Å². The van der Waals surface area contributed by atoms with Gasteiger partial charge in [0.1, 0.15) is 11.6 Å². The van der Waals surface area contributed by atoms with Gasteiger partial charge >= 0.3 is 0 Å². The molecule has 0 aromatic heterocycles. The van der Waals surface area contributed by atoms with Crippen molar-refractivity contribution in [2.24, 2.45) is 0 Å². The molecule has 0 aliphatic heterocycles. The fourth-order valence-electron chi connectivity index (χ4n) is 3.82. The Balaban J connectivity index is 1.50. The number of phenolic OH excluding ortho intramolecular Hbond substituents is 1. The summed E-state index contributed by atoms with van der Waals surface area (Å²) in [6.45, 7) is 5.24. The number of hydrogen-bond donors (Lipinski definition) is 1. The van der Waals surface area contributed by atoms with Crippen LogP contribution in [0.15, 0.2) is 72.8 Å². The lowest BCUT2D eigenvalue weighted by atomic mass is 9.98. The molecule has 0 saturated heterocycles. The van der Waals surface area contributed by atoms with Gasteiger partial charge in [0.05, 0.1) is 6.10 Å². The van der Waals surface area contributed by atoms with Crippen LogP contribution in [0.4, 0.5) is 4.39 Å². The molecular weight excluding hydrogens is 411 g/mol. The van der Waals surface area contributed by atoms with Gasteiger partial charge in [-0.15, -0.1) is 0 Å². The van der Waals surface area contributed by atoms with Gasteiger partial charge in [-0.25, -0.2) is 4.39 Å². The van der Waals surface area contributed by atoms with E-state index in [2.05, 4.69) is 26.0 Å². The van der Waals surface area contributed by atoms with Crippen molar-refractivity contribution in [3.63, 3.8) is 0 Å². The number of halogens is 1. The normalized spacial score (nSPS) is 12.3. The number of rotatable bonds is 12. The van der Waals surface area contributed by atoms with E-state index in [1.54, 1.807) is 30.3 Å². The average molecular weight is 447 g/mol. The van der Waals surface area contributed by atoms with Crippen LogP contribution in [0.25, 0.3) is 28.3 Å². The zero-order chi connectivity index (χ0) is 23.5. The molecule has 0 amide bonds. The lowest BCUT2D eigenvalue weighted by Gasteiger charge is -2.12. The minimum atomic E-state index is -0.255. The average Bonchev–Trinajstić information content (AvgIpc) is 2.82. The Morgan fingerprint density at radius 2 is 1.58 bits per heavy atom. The van der Waals surface area contributed by atoms with Crippen LogP contribution in [0.5, 0.6) is 5.75 Å². The molecule has 0 fully saturated rings. The van der Waals surface area contributed by atoms with E-state index in [1.807, 2.05) is 36.4 Å². The Hall–Kier alpha value is -2.91. The highest BCUT2D eigenvalue weighted by atomic mass is 19.1. The Labute approximate surface area is 197 Å². The fraction of sp³-hybridized carbons (Fsp3) is 0.333. The lowest BCUT2D eigenvalue weighted by Crippen LogP contribution is -2.08. The van der Waals surface area contributed by atoms with Crippen LogP contribution in [-0.2, 0) is 4.74 Å². The molecule has 1 N–H and O–H groups in total. The molecule has 3 aromatic rings. The first-order valence-corrected chi connectivity index (χ1v) is 12.0. The topological polar surface area (TPSA) is 29.5 Å². The number of phenols is 1. The summed E-state index contributed by atoms with van der Waals surface area (Å²) < 4.78 is 20.6. The molecule has 174 valence electrons. The molecule has 0 aliphatic rings. The minimum absolute atomic E-state index is 0.200. The summed E-state index contributed by atoms with van der Waals surface area (Å²) in [5.41, 5.74) is 4.22. The van der Waals surface area contributed by atoms with Gasteiger partial charge in [-0.05, 0) is 73.1 Å². The summed E-state index contributed by atoms with van der Waals surface area (Å²) in [6, 6.07) is 20.0. The predicted molar refractivity (Wildman–Crippen MR) is 137 cm³/mol. The minimum Gasteiger partial charge on any atom is -0.508 e. The van der Waals surface area contributed by atoms with Crippen LogP contribution in [0.3, 0.4) is 0 Å². The van der Waals surface area contributed by atoms with Crippen LogP contribution in [0.1, 0.15) is 57.9 Å². The van der Waals surface area contributed by atoms with Gasteiger partial charge in [-0.3, -0.25) is 0 Å². The van der Waals surface area contributed by atoms with Crippen molar-refractivity contribution in [2.75, 3.05) is 6.61 Å². The Bertz CT molecular complexity index is 1010. The maximum absolute atomic E-state index is 14.8. The summed E-state index contributed by atoms with van der Waals surface area (Å²) in [6.07, 6.45) is 11.5. The molecule has 33 heavy (non-hydrogen) atoms. The summed E-state index contributed by atoms with van der Waals surface area (Å²) in [5.74, 6) is -0.0544. The van der Waals surface area contributed by atoms with Crippen LogP contribution in [-0.4, -0.2) is 17.8 Å². The van der Waals surface area contributed by atoms with Gasteiger partial charge < -0.3 is 9.84 Å². The largest absolute Gasteiger partial charge is 0.508 e. The van der Waals surface area contributed by atoms with E-state index >= 15 is 0 Å². The molecule has 0 aliphatic carbocycles. The zero-order valence-electron chi connectivity index (χ0n) is 19.8. The van der Waals surface area contributed by atoms with Crippen molar-refractivity contribution >= 4 is 6.08 Å². The quantitative estimate of drug-likeness (QED) is 0.282. The molecule has 0 saturated carbocycles. The van der Waals surface area contributed by atoms with Gasteiger partial charge in [-0.2, -0.15) is 0 Å². The molecule has 2 nitrogen and oxygen atoms in total. The fourth-order valence-corrected chi connectivity index (χ4v) is 3.82. The highest BCUT2D eigenvalue weighted by molar-refractivity contribution is 5.72. The standard InChI is InChI=1S/C30H35FO2/c1-3-4-8-21-33-23(2)9-6-5-7-10-24-11-13-26(14-12-24)29-20-17-27(22-30(29)31)25-15-18-28(32)19-16-25/h7,10-20,22-23,32H,3-6,8-9,21H2,1-2H3/b10-7+. The summed E-state index contributed by atoms with van der Waals surface area (Å²) in [5, 5.41) is 9.44. The number of hydrogen-bond acceptors (Lipinski definition) is 2. The van der Waals surface area contributed by atoms with Crippen molar-refractivity contribution in [3.8, 4) is 28.0 Å². The van der Waals surface area contributed by atoms with Crippen LogP contribution in [0.2, 0.25) is 0 Å². The van der Waals surface area contributed by atoms with Gasteiger partial charge in [0, 0.05) is 12.2 Å². The van der Waals surface area contributed by atoms with Gasteiger partial charge in [0.25, 0.3) is 0 Å². The highest BCUT2D eigenvalue weighted by Crippen LogP contribution is 2.29. The zero-order valence-corrected chi connectivity index (χ0v) is 19.8. The van der Waals surface area contributed by atoms with Crippen molar-refractivity contribution in [1.29, 1.82) is 0 Å². The molecule has 0 bridgehead atoms. The summed E-state index contributed by atoms with van der Waals surface area (Å²) in [7, 11) is 0. The Morgan fingerprint density at radius 3 is 2.27 bits per heavy atom. The third-order valence-corrected chi connectivity index (χ3v) is 5.83. The van der Waals surface area contributed by atoms with Crippen molar-refractivity contribution in [1.82, 2.24) is 0 Å². The van der Waals surface area contributed by atoms with Crippen molar-refractivity contribution in [3.05, 3.63) is 84.2 Å². The van der Waals surface area contributed by atoms with E-state index < -0.39 is 0 Å². The second-order valence-electron chi connectivity index (χ2n) is 8.59. The Morgan fingerprint density at radius 1 is 0.879 bits per heavy atom. The van der Waals surface area contributed by atoms with E-state index in [0.29, 0.717) is 11.7 Å². The first-order chi connectivity index (χ1) is 16.1. The third-order valence-electron chi connectivity index (χ3n) is 5.83. The number of allylic oxidation sites excluding steroid dienone is 1. The molecule has 3 aromatic carbocycles. The smallest absolute Gasteiger partial charge is 0.131 e. The number of aromatic hydroxyl groups is 1. The SMILES string of the molecule is CCCCCOC(C)CCC/C=C/c1ccc(-c2ccc(-c3ccc(O)cc3)cc2F)cc1. The van der Waals surface area contributed by atoms with E-state index in [9.17, 15) is 9.50 Å². The van der Waals surface area contributed by atoms with Crippen LogP contribution < -0.4 is 0 Å². The maximum Gasteiger partial charge on any atom is 0.131 e. The summed E-state index contributed by atoms with van der Waals surface area (Å²) in [4.78, 5) is 0. The number of unbranched alkanes of at least 4 members (excludes halogenated alkanes) is 3. The predicted octanol–water partition coefficient (Wildman–Crippen LogP) is 8.64. The molecule has 1 atom stereocenters. The first kappa shape index (κ1) is 24.7. The lowest BCUT2D eigenvalue weighted by molar-refractivity contribution is 0.0566. The molecule has 0 radical (unpaired) electrons. The van der Waals surface area contributed by atoms with Crippen LogP contribution in [0, 0.1) is 5.82 Å². The van der Waals surface area contributed by atoms with Gasteiger partial charge in [-0.1, -0.05) is 80.4 Å². The molecule has 0 spiro atoms. The monoisotopic (exact) mass is 446 g/mol. The van der Waals surface area contributed by atoms with Crippen molar-refractivity contribution < 1.29 is 14.2 Å². The molecule has 3 heteroatoms.